The van der Waals surface area contributed by atoms with E-state index in [0.717, 1.165) is 40.1 Å². The van der Waals surface area contributed by atoms with Crippen LogP contribution in [0.25, 0.3) is 16.8 Å². The lowest BCUT2D eigenvalue weighted by molar-refractivity contribution is -0.123. The molecule has 4 rings (SSSR count). The summed E-state index contributed by atoms with van der Waals surface area (Å²) in [5.74, 6) is 0.448. The van der Waals surface area contributed by atoms with Crippen molar-refractivity contribution in [2.75, 3.05) is 0 Å². The summed E-state index contributed by atoms with van der Waals surface area (Å²) in [5, 5.41) is 1.89. The third-order valence-electron chi connectivity index (χ3n) is 5.19. The molecule has 1 aliphatic heterocycles. The smallest absolute Gasteiger partial charge is 0.293 e. The van der Waals surface area contributed by atoms with E-state index < -0.39 is 0 Å². The molecule has 0 spiro atoms. The molecule has 3 aromatic rings. The molecule has 5 heteroatoms. The summed E-state index contributed by atoms with van der Waals surface area (Å²) in [6.45, 7) is 4.33. The molecule has 3 aromatic carbocycles. The van der Waals surface area contributed by atoms with Crippen molar-refractivity contribution in [3.8, 4) is 5.75 Å². The predicted octanol–water partition coefficient (Wildman–Crippen LogP) is 6.25. The van der Waals surface area contributed by atoms with Gasteiger partial charge in [0.2, 0.25) is 0 Å². The highest BCUT2D eigenvalue weighted by atomic mass is 32.2. The Hall–Kier alpha value is -3.05. The van der Waals surface area contributed by atoms with Crippen molar-refractivity contribution in [2.45, 2.75) is 32.9 Å². The zero-order chi connectivity index (χ0) is 21.1. The minimum Gasteiger partial charge on any atom is -0.490 e. The number of fused-ring (bicyclic) bond motifs is 1. The Morgan fingerprint density at radius 3 is 2.57 bits per heavy atom. The van der Waals surface area contributed by atoms with Crippen molar-refractivity contribution in [1.29, 1.82) is 0 Å². The highest BCUT2D eigenvalue weighted by Gasteiger charge is 2.35. The van der Waals surface area contributed by atoms with Crippen molar-refractivity contribution in [1.82, 2.24) is 4.90 Å². The number of carbonyl (C=O) groups excluding carboxylic acids is 2. The summed E-state index contributed by atoms with van der Waals surface area (Å²) in [4.78, 5) is 27.4. The van der Waals surface area contributed by atoms with Crippen molar-refractivity contribution in [3.63, 3.8) is 0 Å². The molecular formula is C25H23NO3S. The lowest BCUT2D eigenvalue weighted by atomic mass is 10.0. The van der Waals surface area contributed by atoms with Gasteiger partial charge in [0.25, 0.3) is 11.1 Å². The van der Waals surface area contributed by atoms with Crippen LogP contribution in [-0.4, -0.2) is 22.2 Å². The van der Waals surface area contributed by atoms with E-state index in [4.69, 9.17) is 4.74 Å². The number of carbonyl (C=O) groups is 2. The lowest BCUT2D eigenvalue weighted by Crippen LogP contribution is -2.27. The van der Waals surface area contributed by atoms with E-state index in [0.29, 0.717) is 10.7 Å². The molecule has 4 nitrogen and oxygen atoms in total. The maximum atomic E-state index is 13.0. The Morgan fingerprint density at radius 2 is 1.73 bits per heavy atom. The van der Waals surface area contributed by atoms with E-state index in [1.165, 1.54) is 4.90 Å². The molecule has 1 heterocycles. The number of amides is 2. The summed E-state index contributed by atoms with van der Waals surface area (Å²) in [6.07, 6.45) is 2.71. The van der Waals surface area contributed by atoms with Gasteiger partial charge in [-0.3, -0.25) is 14.5 Å². The van der Waals surface area contributed by atoms with Crippen LogP contribution in [-0.2, 0) is 11.3 Å². The zero-order valence-electron chi connectivity index (χ0n) is 17.0. The van der Waals surface area contributed by atoms with E-state index in [9.17, 15) is 9.59 Å². The van der Waals surface area contributed by atoms with Gasteiger partial charge in [-0.05, 0) is 53.6 Å². The molecule has 30 heavy (non-hydrogen) atoms. The predicted molar refractivity (Wildman–Crippen MR) is 122 cm³/mol. The summed E-state index contributed by atoms with van der Waals surface area (Å²) in [5.41, 5.74) is 1.76. The first kappa shape index (κ1) is 20.2. The number of imide groups is 1. The molecule has 0 N–H and O–H groups in total. The Kier molecular flexibility index (Phi) is 5.91. The number of nitrogens with zero attached hydrogens (tertiary/aromatic N) is 1. The van der Waals surface area contributed by atoms with Crippen LogP contribution in [0.15, 0.2) is 71.6 Å². The molecule has 1 atom stereocenters. The second kappa shape index (κ2) is 8.76. The van der Waals surface area contributed by atoms with E-state index >= 15 is 0 Å². The van der Waals surface area contributed by atoms with E-state index in [1.54, 1.807) is 6.08 Å². The quantitative estimate of drug-likeness (QED) is 0.445. The molecule has 1 fully saturated rings. The van der Waals surface area contributed by atoms with Crippen LogP contribution in [0.3, 0.4) is 0 Å². The fourth-order valence-corrected chi connectivity index (χ4v) is 4.21. The van der Waals surface area contributed by atoms with Crippen LogP contribution >= 0.6 is 11.8 Å². The number of ether oxygens (including phenoxy) is 1. The minimum absolute atomic E-state index is 0.0703. The van der Waals surface area contributed by atoms with Gasteiger partial charge in [-0.15, -0.1) is 0 Å². The Balaban J connectivity index is 1.61. The molecule has 1 aliphatic rings. The first-order valence-corrected chi connectivity index (χ1v) is 10.9. The summed E-state index contributed by atoms with van der Waals surface area (Å²) < 4.78 is 5.97. The number of hydrogen-bond acceptors (Lipinski definition) is 4. The molecule has 0 radical (unpaired) electrons. The Morgan fingerprint density at radius 1 is 1.00 bits per heavy atom. The average Bonchev–Trinajstić information content (AvgIpc) is 3.02. The van der Waals surface area contributed by atoms with Crippen LogP contribution in [0.4, 0.5) is 4.79 Å². The van der Waals surface area contributed by atoms with Gasteiger partial charge in [-0.1, -0.05) is 67.6 Å². The van der Waals surface area contributed by atoms with Gasteiger partial charge in [0.05, 0.1) is 17.6 Å². The normalized spacial score (nSPS) is 16.5. The maximum Gasteiger partial charge on any atom is 0.293 e. The number of hydrogen-bond donors (Lipinski definition) is 0. The van der Waals surface area contributed by atoms with Crippen LogP contribution < -0.4 is 4.74 Å². The monoisotopic (exact) mass is 417 g/mol. The molecule has 152 valence electrons. The fourth-order valence-electron chi connectivity index (χ4n) is 3.39. The van der Waals surface area contributed by atoms with Crippen molar-refractivity contribution in [2.24, 2.45) is 0 Å². The molecule has 0 aliphatic carbocycles. The third-order valence-corrected chi connectivity index (χ3v) is 6.10. The fraction of sp³-hybridized carbons (Fsp3) is 0.200. The van der Waals surface area contributed by atoms with E-state index in [2.05, 4.69) is 6.92 Å². The van der Waals surface area contributed by atoms with Crippen LogP contribution in [0.5, 0.6) is 5.75 Å². The Labute approximate surface area is 180 Å². The molecular weight excluding hydrogens is 394 g/mol. The first-order chi connectivity index (χ1) is 14.6. The molecule has 0 saturated carbocycles. The minimum atomic E-state index is -0.267. The van der Waals surface area contributed by atoms with Gasteiger partial charge in [-0.2, -0.15) is 0 Å². The van der Waals surface area contributed by atoms with Crippen LogP contribution in [0.2, 0.25) is 0 Å². The number of para-hydroxylation sites is 1. The Bertz CT molecular complexity index is 1130. The molecule has 2 amide bonds. The summed E-state index contributed by atoms with van der Waals surface area (Å²) >= 11 is 0.978. The maximum absolute atomic E-state index is 13.0. The topological polar surface area (TPSA) is 46.6 Å². The summed E-state index contributed by atoms with van der Waals surface area (Å²) in [6, 6.07) is 21.5. The number of benzene rings is 3. The van der Waals surface area contributed by atoms with E-state index in [1.807, 2.05) is 73.7 Å². The second-order valence-electron chi connectivity index (χ2n) is 7.28. The van der Waals surface area contributed by atoms with Crippen molar-refractivity contribution >= 4 is 39.8 Å². The van der Waals surface area contributed by atoms with Crippen LogP contribution in [0, 0.1) is 0 Å². The lowest BCUT2D eigenvalue weighted by Gasteiger charge is -2.15. The SMILES string of the molecule is CC[C@H](C)Oc1ccccc1/C=C1/SC(=O)N(Cc2cccc3ccccc23)C1=O. The largest absolute Gasteiger partial charge is 0.490 e. The zero-order valence-corrected chi connectivity index (χ0v) is 17.8. The van der Waals surface area contributed by atoms with Gasteiger partial charge in [0, 0.05) is 5.56 Å². The molecule has 0 aromatic heterocycles. The first-order valence-electron chi connectivity index (χ1n) is 10.0. The average molecular weight is 418 g/mol. The van der Waals surface area contributed by atoms with Crippen LogP contribution in [0.1, 0.15) is 31.4 Å². The molecule has 0 unspecified atom stereocenters. The van der Waals surface area contributed by atoms with Gasteiger partial charge in [-0.25, -0.2) is 0 Å². The number of rotatable bonds is 6. The van der Waals surface area contributed by atoms with Gasteiger partial charge in [0.1, 0.15) is 5.75 Å². The molecule has 1 saturated heterocycles. The standard InChI is InChI=1S/C25H23NO3S/c1-3-17(2)29-22-14-7-5-10-19(22)15-23-24(27)26(25(28)30-23)16-20-12-8-11-18-9-4-6-13-21(18)20/h4-15,17H,3,16H2,1-2H3/b23-15+/t17-/m0/s1. The molecule has 0 bridgehead atoms. The summed E-state index contributed by atoms with van der Waals surface area (Å²) in [7, 11) is 0. The number of thioether (sulfide) groups is 1. The third kappa shape index (κ3) is 4.12. The van der Waals surface area contributed by atoms with Gasteiger partial charge >= 0.3 is 0 Å². The van der Waals surface area contributed by atoms with Gasteiger partial charge in [0.15, 0.2) is 0 Å². The van der Waals surface area contributed by atoms with Crippen molar-refractivity contribution < 1.29 is 14.3 Å². The second-order valence-corrected chi connectivity index (χ2v) is 8.27. The van der Waals surface area contributed by atoms with Gasteiger partial charge < -0.3 is 4.74 Å². The highest BCUT2D eigenvalue weighted by molar-refractivity contribution is 8.18. The van der Waals surface area contributed by atoms with Crippen molar-refractivity contribution in [3.05, 3.63) is 82.8 Å². The highest BCUT2D eigenvalue weighted by Crippen LogP contribution is 2.35. The van der Waals surface area contributed by atoms with E-state index in [-0.39, 0.29) is 23.8 Å².